The van der Waals surface area contributed by atoms with Gasteiger partial charge in [-0.05, 0) is 57.0 Å². The van der Waals surface area contributed by atoms with Crippen molar-refractivity contribution >= 4 is 22.5 Å². The molecule has 0 atom stereocenters. The molecule has 1 aromatic heterocycles. The van der Waals surface area contributed by atoms with E-state index in [2.05, 4.69) is 43.4 Å². The lowest BCUT2D eigenvalue weighted by molar-refractivity contribution is 0.102. The molecule has 0 aliphatic carbocycles. The van der Waals surface area contributed by atoms with Crippen LogP contribution in [-0.4, -0.2) is 10.9 Å². The van der Waals surface area contributed by atoms with Gasteiger partial charge in [-0.25, -0.2) is 4.98 Å². The quantitative estimate of drug-likeness (QED) is 0.447. The van der Waals surface area contributed by atoms with Gasteiger partial charge in [0.15, 0.2) is 0 Å². The maximum atomic E-state index is 13.3. The fourth-order valence-electron chi connectivity index (χ4n) is 3.87. The number of anilines is 1. The van der Waals surface area contributed by atoms with Gasteiger partial charge in [0.1, 0.15) is 0 Å². The van der Waals surface area contributed by atoms with Gasteiger partial charge in [0.05, 0.1) is 16.8 Å². The van der Waals surface area contributed by atoms with Crippen molar-refractivity contribution in [2.75, 3.05) is 5.32 Å². The number of hydrogen-bond donors (Lipinski definition) is 1. The van der Waals surface area contributed by atoms with E-state index in [4.69, 9.17) is 4.98 Å². The molecule has 4 rings (SSSR count). The largest absolute Gasteiger partial charge is 0.321 e. The predicted octanol–water partition coefficient (Wildman–Crippen LogP) is 6.39. The van der Waals surface area contributed by atoms with Crippen LogP contribution >= 0.6 is 0 Å². The summed E-state index contributed by atoms with van der Waals surface area (Å²) in [5.74, 6) is -0.118. The van der Waals surface area contributed by atoms with Crippen molar-refractivity contribution in [3.05, 3.63) is 94.5 Å². The van der Waals surface area contributed by atoms with Crippen LogP contribution in [0.25, 0.3) is 22.2 Å². The topological polar surface area (TPSA) is 42.0 Å². The third-order valence-corrected chi connectivity index (χ3v) is 5.19. The zero-order valence-electron chi connectivity index (χ0n) is 17.2. The first-order chi connectivity index (χ1) is 13.9. The van der Waals surface area contributed by atoms with E-state index in [1.54, 1.807) is 0 Å². The van der Waals surface area contributed by atoms with E-state index in [0.29, 0.717) is 5.56 Å². The number of carbonyl (C=O) groups is 1. The molecular weight excluding hydrogens is 356 g/mol. The maximum absolute atomic E-state index is 13.3. The molecule has 3 nitrogen and oxygen atoms in total. The first-order valence-electron chi connectivity index (χ1n) is 9.78. The molecule has 0 saturated heterocycles. The Balaban J connectivity index is 1.83. The van der Waals surface area contributed by atoms with E-state index in [9.17, 15) is 4.79 Å². The number of hydrogen-bond acceptors (Lipinski definition) is 2. The molecule has 1 amide bonds. The average Bonchev–Trinajstić information content (AvgIpc) is 2.69. The Bertz CT molecular complexity index is 1220. The van der Waals surface area contributed by atoms with Crippen LogP contribution in [0.4, 0.5) is 5.69 Å². The Labute approximate surface area is 171 Å². The number of rotatable bonds is 3. The fraction of sp³-hybridized carbons (Fsp3) is 0.154. The smallest absolute Gasteiger partial charge is 0.256 e. The van der Waals surface area contributed by atoms with Crippen molar-refractivity contribution in [2.24, 2.45) is 0 Å². The Morgan fingerprint density at radius 1 is 0.793 bits per heavy atom. The monoisotopic (exact) mass is 380 g/mol. The first kappa shape index (κ1) is 18.9. The minimum Gasteiger partial charge on any atom is -0.321 e. The zero-order valence-corrected chi connectivity index (χ0v) is 17.2. The lowest BCUT2D eigenvalue weighted by Crippen LogP contribution is -2.15. The molecule has 0 unspecified atom stereocenters. The zero-order chi connectivity index (χ0) is 20.5. The summed E-state index contributed by atoms with van der Waals surface area (Å²) >= 11 is 0. The summed E-state index contributed by atoms with van der Waals surface area (Å²) in [4.78, 5) is 18.1. The van der Waals surface area contributed by atoms with Gasteiger partial charge in [-0.1, -0.05) is 59.7 Å². The molecule has 29 heavy (non-hydrogen) atoms. The number of carbonyl (C=O) groups excluding carboxylic acids is 1. The molecule has 0 bridgehead atoms. The molecule has 0 radical (unpaired) electrons. The number of nitrogens with one attached hydrogen (secondary N) is 1. The van der Waals surface area contributed by atoms with Crippen molar-refractivity contribution < 1.29 is 4.79 Å². The lowest BCUT2D eigenvalue weighted by Gasteiger charge is -2.15. The molecule has 3 aromatic carbocycles. The Hall–Kier alpha value is -3.46. The molecule has 0 aliphatic rings. The van der Waals surface area contributed by atoms with Crippen LogP contribution in [-0.2, 0) is 0 Å². The second-order valence-electron chi connectivity index (χ2n) is 7.67. The van der Waals surface area contributed by atoms with E-state index in [1.807, 2.05) is 56.3 Å². The molecule has 0 spiro atoms. The molecule has 0 fully saturated rings. The van der Waals surface area contributed by atoms with Crippen LogP contribution in [0.2, 0.25) is 0 Å². The number of nitrogens with zero attached hydrogens (tertiary/aromatic N) is 1. The lowest BCUT2D eigenvalue weighted by atomic mass is 10.0. The van der Waals surface area contributed by atoms with Crippen molar-refractivity contribution in [2.45, 2.75) is 27.7 Å². The van der Waals surface area contributed by atoms with Gasteiger partial charge in [-0.2, -0.15) is 0 Å². The minimum absolute atomic E-state index is 0.118. The van der Waals surface area contributed by atoms with Crippen LogP contribution in [0.1, 0.15) is 32.6 Å². The van der Waals surface area contributed by atoms with Crippen LogP contribution in [0, 0.1) is 27.7 Å². The van der Waals surface area contributed by atoms with E-state index >= 15 is 0 Å². The van der Waals surface area contributed by atoms with Gasteiger partial charge >= 0.3 is 0 Å². The summed E-state index contributed by atoms with van der Waals surface area (Å²) in [5, 5.41) is 3.99. The second kappa shape index (κ2) is 7.51. The summed E-state index contributed by atoms with van der Waals surface area (Å²) in [6.45, 7) is 8.17. The highest BCUT2D eigenvalue weighted by molar-refractivity contribution is 6.13. The first-order valence-corrected chi connectivity index (χ1v) is 9.78. The number of para-hydroxylation sites is 1. The standard InChI is InChI=1S/C26H24N2O/c1-16-8-7-9-20(14-16)24-15-22(21-10-5-6-11-23(21)27-24)26(29)28-25-18(3)12-17(2)13-19(25)4/h5-15H,1-4H3,(H,28,29). The van der Waals surface area contributed by atoms with Gasteiger partial charge in [-0.3, -0.25) is 4.79 Å². The summed E-state index contributed by atoms with van der Waals surface area (Å²) in [7, 11) is 0. The molecular formula is C26H24N2O. The van der Waals surface area contributed by atoms with E-state index in [0.717, 1.165) is 44.5 Å². The number of benzene rings is 3. The number of aryl methyl sites for hydroxylation is 4. The number of aromatic nitrogens is 1. The molecule has 1 N–H and O–H groups in total. The Kier molecular flexibility index (Phi) is 4.89. The van der Waals surface area contributed by atoms with Crippen LogP contribution in [0.5, 0.6) is 0 Å². The highest BCUT2D eigenvalue weighted by Crippen LogP contribution is 2.28. The van der Waals surface area contributed by atoms with Gasteiger partial charge in [0.25, 0.3) is 5.91 Å². The number of fused-ring (bicyclic) bond motifs is 1. The van der Waals surface area contributed by atoms with Crippen molar-refractivity contribution in [1.82, 2.24) is 4.98 Å². The normalized spacial score (nSPS) is 10.9. The van der Waals surface area contributed by atoms with E-state index in [-0.39, 0.29) is 5.91 Å². The fourth-order valence-corrected chi connectivity index (χ4v) is 3.87. The van der Waals surface area contributed by atoms with Crippen molar-refractivity contribution in [3.8, 4) is 11.3 Å². The number of amides is 1. The van der Waals surface area contributed by atoms with Crippen LogP contribution < -0.4 is 5.32 Å². The molecule has 0 saturated carbocycles. The SMILES string of the molecule is Cc1cccc(-c2cc(C(=O)Nc3c(C)cc(C)cc3C)c3ccccc3n2)c1. The maximum Gasteiger partial charge on any atom is 0.256 e. The summed E-state index contributed by atoms with van der Waals surface area (Å²) in [6, 6.07) is 22.1. The number of pyridine rings is 1. The summed E-state index contributed by atoms with van der Waals surface area (Å²) in [6.07, 6.45) is 0. The minimum atomic E-state index is -0.118. The van der Waals surface area contributed by atoms with Gasteiger partial charge in [0.2, 0.25) is 0 Å². The van der Waals surface area contributed by atoms with E-state index in [1.165, 1.54) is 5.56 Å². The third kappa shape index (κ3) is 3.77. The van der Waals surface area contributed by atoms with Crippen molar-refractivity contribution in [1.29, 1.82) is 0 Å². The molecule has 144 valence electrons. The van der Waals surface area contributed by atoms with Crippen LogP contribution in [0.3, 0.4) is 0 Å². The van der Waals surface area contributed by atoms with Gasteiger partial charge in [-0.15, -0.1) is 0 Å². The second-order valence-corrected chi connectivity index (χ2v) is 7.67. The molecule has 4 aromatic rings. The molecule has 1 heterocycles. The average molecular weight is 380 g/mol. The highest BCUT2D eigenvalue weighted by atomic mass is 16.1. The van der Waals surface area contributed by atoms with Gasteiger partial charge in [0, 0.05) is 16.6 Å². The van der Waals surface area contributed by atoms with E-state index < -0.39 is 0 Å². The van der Waals surface area contributed by atoms with Crippen LogP contribution in [0.15, 0.2) is 66.7 Å². The molecule has 0 aliphatic heterocycles. The highest BCUT2D eigenvalue weighted by Gasteiger charge is 2.16. The Morgan fingerprint density at radius 3 is 2.24 bits per heavy atom. The Morgan fingerprint density at radius 2 is 1.52 bits per heavy atom. The third-order valence-electron chi connectivity index (χ3n) is 5.19. The predicted molar refractivity (Wildman–Crippen MR) is 121 cm³/mol. The summed E-state index contributed by atoms with van der Waals surface area (Å²) in [5.41, 5.74) is 8.60. The van der Waals surface area contributed by atoms with Gasteiger partial charge < -0.3 is 5.32 Å². The van der Waals surface area contributed by atoms with Crippen molar-refractivity contribution in [3.63, 3.8) is 0 Å². The summed E-state index contributed by atoms with van der Waals surface area (Å²) < 4.78 is 0. The molecule has 3 heteroatoms.